The third-order valence-corrected chi connectivity index (χ3v) is 3.77. The zero-order chi connectivity index (χ0) is 14.3. The Bertz CT molecular complexity index is 533. The van der Waals surface area contributed by atoms with Crippen molar-refractivity contribution in [3.05, 3.63) is 29.8 Å². The molecular formula is C14H15NO5. The summed E-state index contributed by atoms with van der Waals surface area (Å²) in [6, 6.07) is 6.40. The summed E-state index contributed by atoms with van der Waals surface area (Å²) in [5.41, 5.74) is 0.942. The van der Waals surface area contributed by atoms with Crippen molar-refractivity contribution >= 4 is 11.9 Å². The number of carbonyl (C=O) groups excluding carboxylic acids is 1. The van der Waals surface area contributed by atoms with Crippen LogP contribution in [0.2, 0.25) is 0 Å². The fourth-order valence-corrected chi connectivity index (χ4v) is 2.80. The van der Waals surface area contributed by atoms with E-state index in [1.54, 1.807) is 6.07 Å². The lowest BCUT2D eigenvalue weighted by atomic mass is 10.1. The number of para-hydroxylation sites is 1. The second-order valence-corrected chi connectivity index (χ2v) is 5.15. The first-order valence-electron chi connectivity index (χ1n) is 6.52. The van der Waals surface area contributed by atoms with Crippen LogP contribution in [-0.2, 0) is 16.0 Å². The van der Waals surface area contributed by atoms with Crippen molar-refractivity contribution < 1.29 is 24.5 Å². The number of nitrogens with zero attached hydrogens (tertiary/aromatic N) is 1. The number of carboxylic acids is 1. The first-order chi connectivity index (χ1) is 9.56. The standard InChI is InChI=1S/C14H15NO5/c16-9-6-10(14(18)19)15(7-9)13(17)12-5-8-3-1-2-4-11(8)20-12/h1-4,9-10,12,16H,5-7H2,(H,18,19). The summed E-state index contributed by atoms with van der Waals surface area (Å²) in [4.78, 5) is 24.8. The fraction of sp³-hybridized carbons (Fsp3) is 0.429. The number of aliphatic hydroxyl groups excluding tert-OH is 1. The lowest BCUT2D eigenvalue weighted by Gasteiger charge is -2.24. The molecule has 3 rings (SSSR count). The van der Waals surface area contributed by atoms with Crippen LogP contribution in [0.15, 0.2) is 24.3 Å². The quantitative estimate of drug-likeness (QED) is 0.797. The van der Waals surface area contributed by atoms with E-state index in [4.69, 9.17) is 9.84 Å². The van der Waals surface area contributed by atoms with Crippen molar-refractivity contribution in [3.63, 3.8) is 0 Å². The molecule has 2 aliphatic heterocycles. The minimum atomic E-state index is -1.09. The molecule has 1 saturated heterocycles. The van der Waals surface area contributed by atoms with Gasteiger partial charge in [-0.05, 0) is 11.6 Å². The molecule has 0 aliphatic carbocycles. The highest BCUT2D eigenvalue weighted by molar-refractivity contribution is 5.88. The summed E-state index contributed by atoms with van der Waals surface area (Å²) in [6.45, 7) is 0.0476. The molecule has 6 heteroatoms. The van der Waals surface area contributed by atoms with Crippen LogP contribution >= 0.6 is 0 Å². The van der Waals surface area contributed by atoms with Crippen LogP contribution in [0, 0.1) is 0 Å². The number of hydrogen-bond acceptors (Lipinski definition) is 4. The van der Waals surface area contributed by atoms with Gasteiger partial charge in [-0.2, -0.15) is 0 Å². The molecule has 1 fully saturated rings. The smallest absolute Gasteiger partial charge is 0.326 e. The molecule has 0 saturated carbocycles. The van der Waals surface area contributed by atoms with Crippen molar-refractivity contribution in [1.82, 2.24) is 4.90 Å². The van der Waals surface area contributed by atoms with E-state index in [1.807, 2.05) is 18.2 Å². The number of β-amino-alcohol motifs (C(OH)–C–C–N with tert-alkyl or cyclic N) is 1. The second-order valence-electron chi connectivity index (χ2n) is 5.15. The molecule has 2 heterocycles. The molecule has 0 radical (unpaired) electrons. The largest absolute Gasteiger partial charge is 0.480 e. The normalized spacial score (nSPS) is 28.1. The Morgan fingerprint density at radius 3 is 2.75 bits per heavy atom. The van der Waals surface area contributed by atoms with Crippen molar-refractivity contribution in [2.24, 2.45) is 0 Å². The Hall–Kier alpha value is -2.08. The Balaban J connectivity index is 1.76. The molecule has 106 valence electrons. The Morgan fingerprint density at radius 1 is 1.30 bits per heavy atom. The molecule has 0 spiro atoms. The number of carbonyl (C=O) groups is 2. The van der Waals surface area contributed by atoms with Crippen LogP contribution in [0.25, 0.3) is 0 Å². The van der Waals surface area contributed by atoms with Crippen molar-refractivity contribution in [2.45, 2.75) is 31.1 Å². The molecule has 1 amide bonds. The first kappa shape index (κ1) is 12.9. The van der Waals surface area contributed by atoms with E-state index in [-0.39, 0.29) is 18.9 Å². The number of aliphatic hydroxyl groups is 1. The number of aliphatic carboxylic acids is 1. The van der Waals surface area contributed by atoms with Gasteiger partial charge in [-0.15, -0.1) is 0 Å². The van der Waals surface area contributed by atoms with Gasteiger partial charge in [0.2, 0.25) is 0 Å². The van der Waals surface area contributed by atoms with Gasteiger partial charge in [-0.25, -0.2) is 4.79 Å². The summed E-state index contributed by atoms with van der Waals surface area (Å²) in [7, 11) is 0. The Labute approximate surface area is 115 Å². The van der Waals surface area contributed by atoms with Crippen LogP contribution in [0.4, 0.5) is 0 Å². The van der Waals surface area contributed by atoms with Gasteiger partial charge in [0.25, 0.3) is 5.91 Å². The highest BCUT2D eigenvalue weighted by atomic mass is 16.5. The van der Waals surface area contributed by atoms with Crippen LogP contribution in [0.3, 0.4) is 0 Å². The number of amides is 1. The molecule has 0 bridgehead atoms. The summed E-state index contributed by atoms with van der Waals surface area (Å²) < 4.78 is 5.58. The van der Waals surface area contributed by atoms with E-state index >= 15 is 0 Å². The molecule has 3 atom stereocenters. The van der Waals surface area contributed by atoms with E-state index < -0.39 is 24.2 Å². The third kappa shape index (κ3) is 2.12. The Kier molecular flexibility index (Phi) is 3.10. The Morgan fingerprint density at radius 2 is 2.05 bits per heavy atom. The number of ether oxygens (including phenoxy) is 1. The minimum Gasteiger partial charge on any atom is -0.480 e. The lowest BCUT2D eigenvalue weighted by Crippen LogP contribution is -2.47. The molecule has 1 aromatic carbocycles. The average molecular weight is 277 g/mol. The topological polar surface area (TPSA) is 87.1 Å². The maximum absolute atomic E-state index is 12.4. The van der Waals surface area contributed by atoms with E-state index in [2.05, 4.69) is 0 Å². The first-order valence-corrected chi connectivity index (χ1v) is 6.52. The highest BCUT2D eigenvalue weighted by Crippen LogP contribution is 2.30. The third-order valence-electron chi connectivity index (χ3n) is 3.77. The van der Waals surface area contributed by atoms with Crippen LogP contribution in [-0.4, -0.2) is 51.8 Å². The highest BCUT2D eigenvalue weighted by Gasteiger charge is 2.43. The summed E-state index contributed by atoms with van der Waals surface area (Å²) in [5, 5.41) is 18.7. The number of hydrogen-bond donors (Lipinski definition) is 2. The number of carboxylic acid groups (broad SMARTS) is 1. The summed E-state index contributed by atoms with van der Waals surface area (Å²) >= 11 is 0. The van der Waals surface area contributed by atoms with E-state index in [0.29, 0.717) is 12.2 Å². The minimum absolute atomic E-state index is 0.0476. The molecule has 20 heavy (non-hydrogen) atoms. The summed E-state index contributed by atoms with van der Waals surface area (Å²) in [5.74, 6) is -0.798. The summed E-state index contributed by atoms with van der Waals surface area (Å²) in [6.07, 6.45) is -0.974. The number of benzene rings is 1. The maximum Gasteiger partial charge on any atom is 0.326 e. The molecule has 2 N–H and O–H groups in total. The predicted molar refractivity (Wildman–Crippen MR) is 68.3 cm³/mol. The van der Waals surface area contributed by atoms with Gasteiger partial charge in [-0.3, -0.25) is 4.79 Å². The van der Waals surface area contributed by atoms with E-state index in [0.717, 1.165) is 5.56 Å². The average Bonchev–Trinajstić information content (AvgIpc) is 3.01. The van der Waals surface area contributed by atoms with Gasteiger partial charge in [-0.1, -0.05) is 18.2 Å². The molecule has 3 unspecified atom stereocenters. The van der Waals surface area contributed by atoms with E-state index in [9.17, 15) is 14.7 Å². The lowest BCUT2D eigenvalue weighted by molar-refractivity contribution is -0.150. The van der Waals surface area contributed by atoms with E-state index in [1.165, 1.54) is 4.90 Å². The fourth-order valence-electron chi connectivity index (χ4n) is 2.80. The SMILES string of the molecule is O=C(O)C1CC(O)CN1C(=O)C1Cc2ccccc2O1. The zero-order valence-corrected chi connectivity index (χ0v) is 10.7. The van der Waals surface area contributed by atoms with Crippen molar-refractivity contribution in [3.8, 4) is 5.75 Å². The van der Waals surface area contributed by atoms with Gasteiger partial charge in [0.05, 0.1) is 6.10 Å². The predicted octanol–water partition coefficient (Wildman–Crippen LogP) is 0.0365. The van der Waals surface area contributed by atoms with Gasteiger partial charge in [0.1, 0.15) is 11.8 Å². The van der Waals surface area contributed by atoms with Gasteiger partial charge in [0.15, 0.2) is 6.10 Å². The zero-order valence-electron chi connectivity index (χ0n) is 10.7. The molecule has 6 nitrogen and oxygen atoms in total. The van der Waals surface area contributed by atoms with Crippen LogP contribution in [0.1, 0.15) is 12.0 Å². The van der Waals surface area contributed by atoms with Crippen molar-refractivity contribution in [2.75, 3.05) is 6.54 Å². The van der Waals surface area contributed by atoms with Gasteiger partial charge >= 0.3 is 5.97 Å². The number of fused-ring (bicyclic) bond motifs is 1. The van der Waals surface area contributed by atoms with Crippen LogP contribution in [0.5, 0.6) is 5.75 Å². The van der Waals surface area contributed by atoms with Crippen molar-refractivity contribution in [1.29, 1.82) is 0 Å². The molecule has 2 aliphatic rings. The molecule has 0 aromatic heterocycles. The second kappa shape index (κ2) is 4.79. The maximum atomic E-state index is 12.4. The van der Waals surface area contributed by atoms with Gasteiger partial charge in [0, 0.05) is 19.4 Å². The molecular weight excluding hydrogens is 262 g/mol. The van der Waals surface area contributed by atoms with Crippen LogP contribution < -0.4 is 4.74 Å². The number of likely N-dealkylation sites (tertiary alicyclic amines) is 1. The monoisotopic (exact) mass is 277 g/mol. The van der Waals surface area contributed by atoms with Gasteiger partial charge < -0.3 is 19.8 Å². The molecule has 1 aromatic rings. The number of rotatable bonds is 2.